The average Bonchev–Trinajstić information content (AvgIpc) is 2.96. The molecule has 4 N–H and O–H groups in total. The molecule has 0 aliphatic heterocycles. The third kappa shape index (κ3) is 39.7. The summed E-state index contributed by atoms with van der Waals surface area (Å²) >= 11 is 0. The predicted octanol–water partition coefficient (Wildman–Crippen LogP) is 10.2. The van der Waals surface area contributed by atoms with Crippen molar-refractivity contribution in [2.45, 2.75) is 206 Å². The summed E-state index contributed by atoms with van der Waals surface area (Å²) in [5.41, 5.74) is 0. The van der Waals surface area contributed by atoms with E-state index in [0.717, 1.165) is 57.8 Å². The molecule has 4 heteroatoms. The second kappa shape index (κ2) is 38.6. The van der Waals surface area contributed by atoms with Gasteiger partial charge in [0.25, 0.3) is 0 Å². The Morgan fingerprint density at radius 2 is 0.750 bits per heavy atom. The summed E-state index contributed by atoms with van der Waals surface area (Å²) in [5, 5.41) is 37.0. The molecule has 0 aliphatic rings. The fourth-order valence-electron chi connectivity index (χ4n) is 5.06. The van der Waals surface area contributed by atoms with Gasteiger partial charge in [-0.2, -0.15) is 0 Å². The van der Waals surface area contributed by atoms with Gasteiger partial charge in [0.15, 0.2) is 0 Å². The van der Waals surface area contributed by atoms with E-state index in [1.54, 1.807) is 0 Å². The van der Waals surface area contributed by atoms with Crippen LogP contribution in [0, 0.1) is 0 Å². The summed E-state index contributed by atoms with van der Waals surface area (Å²) < 4.78 is 0. The Labute approximate surface area is 251 Å². The monoisotopic (exact) mass is 571 g/mol. The highest BCUT2D eigenvalue weighted by atomic mass is 16.3. The van der Waals surface area contributed by atoms with Gasteiger partial charge in [-0.1, -0.05) is 154 Å². The van der Waals surface area contributed by atoms with E-state index in [4.69, 9.17) is 10.2 Å². The van der Waals surface area contributed by atoms with E-state index in [1.165, 1.54) is 122 Å². The maximum absolute atomic E-state index is 9.85. The van der Waals surface area contributed by atoms with Crippen molar-refractivity contribution in [3.63, 3.8) is 0 Å². The number of hydrogen-bond donors (Lipinski definition) is 4. The van der Waals surface area contributed by atoms with Crippen LogP contribution in [0.2, 0.25) is 0 Å². The Hall–Kier alpha value is -0.420. The standard InChI is InChI=1S/C18H38O2.C18H36O2/c2*1-2-3-4-12-15-18(20)16-13-10-8-6-5-7-9-11-14-17-19/h18-20H,2-17H2,1H3;10,13,18-20H,2-9,11-12,14-17H2,1H3. The first-order valence-electron chi connectivity index (χ1n) is 17.8. The molecule has 0 spiro atoms. The van der Waals surface area contributed by atoms with Crippen LogP contribution in [0.15, 0.2) is 12.2 Å². The fourth-order valence-corrected chi connectivity index (χ4v) is 5.06. The van der Waals surface area contributed by atoms with Crippen molar-refractivity contribution >= 4 is 0 Å². The maximum atomic E-state index is 9.85. The number of rotatable bonds is 31. The van der Waals surface area contributed by atoms with E-state index >= 15 is 0 Å². The molecule has 0 saturated heterocycles. The molecule has 0 bridgehead atoms. The first-order chi connectivity index (χ1) is 19.6. The van der Waals surface area contributed by atoms with Crippen molar-refractivity contribution in [1.29, 1.82) is 0 Å². The Balaban J connectivity index is 0. The summed E-state index contributed by atoms with van der Waals surface area (Å²) in [5.74, 6) is 0. The molecule has 0 fully saturated rings. The summed E-state index contributed by atoms with van der Waals surface area (Å²) in [7, 11) is 0. The van der Waals surface area contributed by atoms with Crippen LogP contribution < -0.4 is 0 Å². The van der Waals surface area contributed by atoms with E-state index in [-0.39, 0.29) is 12.2 Å². The van der Waals surface area contributed by atoms with Gasteiger partial charge in [-0.15, -0.1) is 0 Å². The summed E-state index contributed by atoms with van der Waals surface area (Å²) in [6, 6.07) is 0. The molecule has 0 aromatic heterocycles. The topological polar surface area (TPSA) is 80.9 Å². The molecule has 2 unspecified atom stereocenters. The highest BCUT2D eigenvalue weighted by Crippen LogP contribution is 2.14. The van der Waals surface area contributed by atoms with Gasteiger partial charge in [-0.25, -0.2) is 0 Å². The van der Waals surface area contributed by atoms with Gasteiger partial charge in [-0.05, 0) is 51.4 Å². The van der Waals surface area contributed by atoms with Crippen LogP contribution in [0.5, 0.6) is 0 Å². The number of hydrogen-bond acceptors (Lipinski definition) is 4. The van der Waals surface area contributed by atoms with Crippen LogP contribution in [-0.2, 0) is 0 Å². The lowest BCUT2D eigenvalue weighted by molar-refractivity contribution is 0.147. The zero-order valence-electron chi connectivity index (χ0n) is 27.3. The van der Waals surface area contributed by atoms with Crippen LogP contribution in [-0.4, -0.2) is 45.8 Å². The molecular weight excluding hydrogens is 496 g/mol. The lowest BCUT2D eigenvalue weighted by Gasteiger charge is -2.10. The minimum atomic E-state index is -0.137. The Bertz CT molecular complexity index is 454. The molecule has 4 nitrogen and oxygen atoms in total. The second-order valence-corrected chi connectivity index (χ2v) is 12.0. The third-order valence-corrected chi connectivity index (χ3v) is 7.83. The Morgan fingerprint density at radius 1 is 0.400 bits per heavy atom. The van der Waals surface area contributed by atoms with Crippen LogP contribution in [0.3, 0.4) is 0 Å². The third-order valence-electron chi connectivity index (χ3n) is 7.83. The predicted molar refractivity (Wildman–Crippen MR) is 176 cm³/mol. The lowest BCUT2D eigenvalue weighted by atomic mass is 10.0. The second-order valence-electron chi connectivity index (χ2n) is 12.0. The van der Waals surface area contributed by atoms with Crippen molar-refractivity contribution in [3.05, 3.63) is 12.2 Å². The Kier molecular flexibility index (Phi) is 40.2. The molecule has 0 amide bonds. The SMILES string of the molecule is CCCCCCC(O)CC=CCCCCCCCCO.CCCCCCC(O)CCCCCCCCCCCO. The largest absolute Gasteiger partial charge is 0.396 e. The molecule has 0 saturated carbocycles. The number of aliphatic hydroxyl groups is 4. The van der Waals surface area contributed by atoms with Crippen molar-refractivity contribution in [2.75, 3.05) is 13.2 Å². The normalized spacial score (nSPS) is 12.9. The van der Waals surface area contributed by atoms with Crippen LogP contribution in [0.25, 0.3) is 0 Å². The van der Waals surface area contributed by atoms with Gasteiger partial charge >= 0.3 is 0 Å². The van der Waals surface area contributed by atoms with Gasteiger partial charge < -0.3 is 20.4 Å². The maximum Gasteiger partial charge on any atom is 0.0574 e. The van der Waals surface area contributed by atoms with Crippen LogP contribution >= 0.6 is 0 Å². The summed E-state index contributed by atoms with van der Waals surface area (Å²) in [6.07, 6.45) is 37.6. The van der Waals surface area contributed by atoms with Crippen molar-refractivity contribution in [1.82, 2.24) is 0 Å². The minimum absolute atomic E-state index is 0.0506. The first-order valence-corrected chi connectivity index (χ1v) is 17.8. The zero-order chi connectivity index (χ0) is 29.8. The van der Waals surface area contributed by atoms with E-state index in [2.05, 4.69) is 26.0 Å². The first kappa shape index (κ1) is 41.7. The van der Waals surface area contributed by atoms with Gasteiger partial charge in [0.05, 0.1) is 12.2 Å². The lowest BCUT2D eigenvalue weighted by Crippen LogP contribution is -2.05. The Morgan fingerprint density at radius 3 is 1.18 bits per heavy atom. The number of allylic oxidation sites excluding steroid dienone is 1. The van der Waals surface area contributed by atoms with Gasteiger partial charge in [-0.3, -0.25) is 0 Å². The fraction of sp³-hybridized carbons (Fsp3) is 0.944. The highest BCUT2D eigenvalue weighted by Gasteiger charge is 2.03. The van der Waals surface area contributed by atoms with Crippen molar-refractivity contribution in [3.8, 4) is 0 Å². The molecule has 0 heterocycles. The van der Waals surface area contributed by atoms with Crippen LogP contribution in [0.4, 0.5) is 0 Å². The molecule has 0 rings (SSSR count). The number of unbranched alkanes of at least 4 members (excludes halogenated alkanes) is 20. The van der Waals surface area contributed by atoms with Gasteiger partial charge in [0, 0.05) is 13.2 Å². The molecule has 0 radical (unpaired) electrons. The quantitative estimate of drug-likeness (QED) is 0.0494. The van der Waals surface area contributed by atoms with Gasteiger partial charge in [0.1, 0.15) is 0 Å². The summed E-state index contributed by atoms with van der Waals surface area (Å²) in [6.45, 7) is 5.12. The van der Waals surface area contributed by atoms with E-state index in [0.29, 0.717) is 13.2 Å². The smallest absolute Gasteiger partial charge is 0.0574 e. The molecule has 0 aromatic rings. The number of aliphatic hydroxyl groups excluding tert-OH is 4. The van der Waals surface area contributed by atoms with Gasteiger partial charge in [0.2, 0.25) is 0 Å². The summed E-state index contributed by atoms with van der Waals surface area (Å²) in [4.78, 5) is 0. The average molecular weight is 571 g/mol. The van der Waals surface area contributed by atoms with Crippen LogP contribution in [0.1, 0.15) is 194 Å². The molecule has 0 aromatic carbocycles. The zero-order valence-corrected chi connectivity index (χ0v) is 27.3. The molecule has 2 atom stereocenters. The molecule has 0 aliphatic carbocycles. The van der Waals surface area contributed by atoms with Crippen molar-refractivity contribution < 1.29 is 20.4 Å². The highest BCUT2D eigenvalue weighted by molar-refractivity contribution is 4.84. The van der Waals surface area contributed by atoms with E-state index in [9.17, 15) is 10.2 Å². The minimum Gasteiger partial charge on any atom is -0.396 e. The molecular formula is C36H74O4. The molecule has 40 heavy (non-hydrogen) atoms. The van der Waals surface area contributed by atoms with E-state index < -0.39 is 0 Å². The van der Waals surface area contributed by atoms with Crippen molar-refractivity contribution in [2.24, 2.45) is 0 Å². The molecule has 242 valence electrons. The van der Waals surface area contributed by atoms with E-state index in [1.807, 2.05) is 0 Å².